The fourth-order valence-electron chi connectivity index (χ4n) is 3.44. The smallest absolute Gasteiger partial charge is 0.233 e. The van der Waals surface area contributed by atoms with E-state index in [9.17, 15) is 9.59 Å². The zero-order valence-corrected chi connectivity index (χ0v) is 15.4. The van der Waals surface area contributed by atoms with E-state index in [1.807, 2.05) is 9.80 Å². The summed E-state index contributed by atoms with van der Waals surface area (Å²) in [5.41, 5.74) is 0. The van der Waals surface area contributed by atoms with Crippen LogP contribution >= 0.6 is 0 Å². The Morgan fingerprint density at radius 1 is 1.16 bits per heavy atom. The normalized spacial score (nSPS) is 19.4. The summed E-state index contributed by atoms with van der Waals surface area (Å²) >= 11 is 0. The number of rotatable bonds is 5. The highest BCUT2D eigenvalue weighted by Crippen LogP contribution is 2.30. The molecular formula is C18H28N4O3. The van der Waals surface area contributed by atoms with E-state index in [-0.39, 0.29) is 23.7 Å². The van der Waals surface area contributed by atoms with Crippen molar-refractivity contribution in [3.05, 3.63) is 11.7 Å². The molecule has 0 N–H and O–H groups in total. The summed E-state index contributed by atoms with van der Waals surface area (Å²) in [7, 11) is 0. The fraction of sp³-hybridized carbons (Fsp3) is 0.778. The zero-order valence-electron chi connectivity index (χ0n) is 15.4. The molecule has 2 fully saturated rings. The van der Waals surface area contributed by atoms with Gasteiger partial charge in [0.05, 0.1) is 5.92 Å². The number of hydrogen-bond acceptors (Lipinski definition) is 5. The Morgan fingerprint density at radius 3 is 2.44 bits per heavy atom. The third-order valence-corrected chi connectivity index (χ3v) is 5.28. The summed E-state index contributed by atoms with van der Waals surface area (Å²) in [5.74, 6) is 2.73. The topological polar surface area (TPSA) is 79.5 Å². The van der Waals surface area contributed by atoms with Crippen LogP contribution in [-0.2, 0) is 9.59 Å². The van der Waals surface area contributed by atoms with Crippen molar-refractivity contribution in [1.29, 1.82) is 0 Å². The van der Waals surface area contributed by atoms with E-state index in [0.29, 0.717) is 31.3 Å². The Labute approximate surface area is 148 Å². The highest BCUT2D eigenvalue weighted by Gasteiger charge is 2.36. The Balaban J connectivity index is 1.47. The van der Waals surface area contributed by atoms with Gasteiger partial charge in [0.2, 0.25) is 17.7 Å². The van der Waals surface area contributed by atoms with Crippen LogP contribution in [0.25, 0.3) is 0 Å². The van der Waals surface area contributed by atoms with E-state index in [4.69, 9.17) is 4.52 Å². The molecule has 7 heteroatoms. The monoisotopic (exact) mass is 348 g/mol. The van der Waals surface area contributed by atoms with Crippen molar-refractivity contribution in [3.63, 3.8) is 0 Å². The Bertz CT molecular complexity index is 614. The average molecular weight is 348 g/mol. The number of aromatic nitrogens is 2. The Kier molecular flexibility index (Phi) is 5.39. The Hall–Kier alpha value is -1.92. The molecule has 0 aromatic carbocycles. The van der Waals surface area contributed by atoms with Crippen molar-refractivity contribution < 1.29 is 14.1 Å². The molecule has 0 aliphatic carbocycles. The quantitative estimate of drug-likeness (QED) is 0.815. The molecule has 1 aromatic rings. The van der Waals surface area contributed by atoms with Crippen LogP contribution in [0.5, 0.6) is 0 Å². The number of amides is 2. The van der Waals surface area contributed by atoms with Crippen molar-refractivity contribution in [2.75, 3.05) is 26.2 Å². The predicted molar refractivity (Wildman–Crippen MR) is 91.9 cm³/mol. The summed E-state index contributed by atoms with van der Waals surface area (Å²) in [4.78, 5) is 31.8. The van der Waals surface area contributed by atoms with Crippen molar-refractivity contribution in [3.8, 4) is 0 Å². The lowest BCUT2D eigenvalue weighted by atomic mass is 9.95. The van der Waals surface area contributed by atoms with Gasteiger partial charge in [-0.25, -0.2) is 0 Å². The third kappa shape index (κ3) is 4.19. The van der Waals surface area contributed by atoms with Gasteiger partial charge in [-0.15, -0.1) is 0 Å². The molecule has 0 saturated carbocycles. The highest BCUT2D eigenvalue weighted by atomic mass is 16.5. The molecule has 138 valence electrons. The number of carbonyl (C=O) groups is 2. The van der Waals surface area contributed by atoms with Crippen LogP contribution in [0, 0.1) is 5.92 Å². The van der Waals surface area contributed by atoms with Gasteiger partial charge >= 0.3 is 0 Å². The van der Waals surface area contributed by atoms with E-state index in [0.717, 1.165) is 38.2 Å². The standard InChI is InChI=1S/C18H28N4O3/c1-12(2)4-5-16(24)22-10-15(11-22)18-19-17(20-25-18)14-6-8-21(9-7-14)13(3)23/h12,14-15H,4-11H2,1-3H3. The number of carbonyl (C=O) groups excluding carboxylic acids is 2. The average Bonchev–Trinajstić information content (AvgIpc) is 3.01. The first kappa shape index (κ1) is 17.9. The molecule has 0 spiro atoms. The second-order valence-electron chi connectivity index (χ2n) is 7.70. The number of hydrogen-bond donors (Lipinski definition) is 0. The first-order valence-corrected chi connectivity index (χ1v) is 9.30. The first-order valence-electron chi connectivity index (χ1n) is 9.30. The highest BCUT2D eigenvalue weighted by molar-refractivity contribution is 5.77. The number of nitrogens with zero attached hydrogens (tertiary/aromatic N) is 4. The molecule has 2 aliphatic heterocycles. The third-order valence-electron chi connectivity index (χ3n) is 5.28. The van der Waals surface area contributed by atoms with Gasteiger partial charge in [-0.05, 0) is 25.2 Å². The largest absolute Gasteiger partial charge is 0.343 e. The lowest BCUT2D eigenvalue weighted by Crippen LogP contribution is -2.48. The molecule has 3 heterocycles. The van der Waals surface area contributed by atoms with Crippen LogP contribution in [-0.4, -0.2) is 57.9 Å². The molecule has 2 aliphatic rings. The molecule has 2 saturated heterocycles. The molecule has 25 heavy (non-hydrogen) atoms. The van der Waals surface area contributed by atoms with Crippen LogP contribution < -0.4 is 0 Å². The summed E-state index contributed by atoms with van der Waals surface area (Å²) in [6, 6.07) is 0. The lowest BCUT2D eigenvalue weighted by molar-refractivity contribution is -0.136. The van der Waals surface area contributed by atoms with Gasteiger partial charge in [-0.1, -0.05) is 19.0 Å². The minimum Gasteiger partial charge on any atom is -0.343 e. The van der Waals surface area contributed by atoms with Gasteiger partial charge in [0.25, 0.3) is 0 Å². The van der Waals surface area contributed by atoms with E-state index in [1.54, 1.807) is 6.92 Å². The Morgan fingerprint density at radius 2 is 1.84 bits per heavy atom. The van der Waals surface area contributed by atoms with Crippen molar-refractivity contribution in [2.45, 2.75) is 58.3 Å². The fourth-order valence-corrected chi connectivity index (χ4v) is 3.44. The van der Waals surface area contributed by atoms with E-state index >= 15 is 0 Å². The molecule has 2 amide bonds. The van der Waals surface area contributed by atoms with Gasteiger partial charge < -0.3 is 14.3 Å². The number of piperidine rings is 1. The molecule has 7 nitrogen and oxygen atoms in total. The van der Waals surface area contributed by atoms with E-state index in [2.05, 4.69) is 24.0 Å². The van der Waals surface area contributed by atoms with Gasteiger partial charge in [0, 0.05) is 45.4 Å². The maximum Gasteiger partial charge on any atom is 0.233 e. The van der Waals surface area contributed by atoms with Crippen LogP contribution in [0.4, 0.5) is 0 Å². The molecule has 0 unspecified atom stereocenters. The van der Waals surface area contributed by atoms with Crippen LogP contribution in [0.1, 0.15) is 70.0 Å². The maximum absolute atomic E-state index is 12.1. The van der Waals surface area contributed by atoms with Gasteiger partial charge in [0.1, 0.15) is 0 Å². The molecule has 3 rings (SSSR count). The molecule has 0 bridgehead atoms. The van der Waals surface area contributed by atoms with Crippen molar-refractivity contribution in [2.24, 2.45) is 5.92 Å². The van der Waals surface area contributed by atoms with E-state index < -0.39 is 0 Å². The van der Waals surface area contributed by atoms with Crippen LogP contribution in [0.15, 0.2) is 4.52 Å². The SMILES string of the molecule is CC(=O)N1CCC(c2noc(C3CN(C(=O)CCC(C)C)C3)n2)CC1. The summed E-state index contributed by atoms with van der Waals surface area (Å²) in [5, 5.41) is 4.15. The maximum atomic E-state index is 12.1. The first-order chi connectivity index (χ1) is 11.9. The molecule has 1 aromatic heterocycles. The molecule has 0 atom stereocenters. The lowest BCUT2D eigenvalue weighted by Gasteiger charge is -2.37. The number of likely N-dealkylation sites (tertiary alicyclic amines) is 2. The van der Waals surface area contributed by atoms with Crippen LogP contribution in [0.2, 0.25) is 0 Å². The summed E-state index contributed by atoms with van der Waals surface area (Å²) in [6.07, 6.45) is 3.31. The van der Waals surface area contributed by atoms with Gasteiger partial charge in [-0.3, -0.25) is 9.59 Å². The van der Waals surface area contributed by atoms with Crippen LogP contribution in [0.3, 0.4) is 0 Å². The molecule has 0 radical (unpaired) electrons. The predicted octanol–water partition coefficient (Wildman–Crippen LogP) is 2.16. The minimum atomic E-state index is 0.129. The van der Waals surface area contributed by atoms with Crippen molar-refractivity contribution in [1.82, 2.24) is 19.9 Å². The second-order valence-corrected chi connectivity index (χ2v) is 7.70. The second kappa shape index (κ2) is 7.54. The summed E-state index contributed by atoms with van der Waals surface area (Å²) < 4.78 is 5.44. The van der Waals surface area contributed by atoms with Crippen molar-refractivity contribution >= 4 is 11.8 Å². The minimum absolute atomic E-state index is 0.129. The van der Waals surface area contributed by atoms with Gasteiger partial charge in [-0.2, -0.15) is 4.98 Å². The summed E-state index contributed by atoms with van der Waals surface area (Å²) in [6.45, 7) is 8.75. The zero-order chi connectivity index (χ0) is 18.0. The van der Waals surface area contributed by atoms with Gasteiger partial charge in [0.15, 0.2) is 5.82 Å². The molecular weight excluding hydrogens is 320 g/mol. The van der Waals surface area contributed by atoms with E-state index in [1.165, 1.54) is 0 Å².